The summed E-state index contributed by atoms with van der Waals surface area (Å²) >= 11 is 2.36. The number of nitrogens with two attached hydrogens (primary N) is 1. The van der Waals surface area contributed by atoms with Gasteiger partial charge in [0.25, 0.3) is 6.42 Å². The van der Waals surface area contributed by atoms with Crippen LogP contribution < -0.4 is 26.6 Å². The minimum absolute atomic E-state index is 0.0517. The third kappa shape index (κ3) is 5.68. The summed E-state index contributed by atoms with van der Waals surface area (Å²) in [7, 11) is -3.32. The molecule has 0 amide bonds. The maximum Gasteiger partial charge on any atom is 0.267 e. The molecule has 2 heterocycles. The molecule has 4 rings (SSSR count). The quantitative estimate of drug-likeness (QED) is 0.230. The molecule has 1 atom stereocenters. The Kier molecular flexibility index (Phi) is 7.29. The summed E-state index contributed by atoms with van der Waals surface area (Å²) in [6.45, 7) is 4.47. The number of hydrogen-bond donors (Lipinski definition) is 3. The van der Waals surface area contributed by atoms with Gasteiger partial charge in [0.1, 0.15) is 17.0 Å². The predicted octanol–water partition coefficient (Wildman–Crippen LogP) is 1.03. The van der Waals surface area contributed by atoms with E-state index in [1.54, 1.807) is 0 Å². The lowest BCUT2D eigenvalue weighted by molar-refractivity contribution is 0.302. The molecule has 1 aliphatic heterocycles. The molecule has 0 fully saturated rings. The second-order valence-electron chi connectivity index (χ2n) is 9.04. The molecule has 0 saturated carbocycles. The Bertz CT molecular complexity index is 1270. The number of halogens is 2. The SMILES string of the molecule is CC(C)CS(=O)(=O)NCCCn1c(Cc2cc3c(cc2I)CCC3)nc2c1=NC(F)NC=2N. The normalized spacial score (nSPS) is 17.6. The lowest BCUT2D eigenvalue weighted by Gasteiger charge is -2.13. The Labute approximate surface area is 207 Å². The van der Waals surface area contributed by atoms with E-state index in [9.17, 15) is 12.8 Å². The van der Waals surface area contributed by atoms with Crippen LogP contribution in [0, 0.1) is 9.49 Å². The number of nitrogens with zero attached hydrogens (tertiary/aromatic N) is 3. The number of rotatable bonds is 9. The van der Waals surface area contributed by atoms with Crippen molar-refractivity contribution in [1.82, 2.24) is 19.6 Å². The average molecular weight is 588 g/mol. The van der Waals surface area contributed by atoms with Crippen LogP contribution in [0.5, 0.6) is 0 Å². The summed E-state index contributed by atoms with van der Waals surface area (Å²) in [4.78, 5) is 8.79. The van der Waals surface area contributed by atoms with Crippen LogP contribution in [0.2, 0.25) is 0 Å². The van der Waals surface area contributed by atoms with Crippen molar-refractivity contribution in [3.05, 3.63) is 49.1 Å². The smallest absolute Gasteiger partial charge is 0.267 e. The number of fused-ring (bicyclic) bond motifs is 2. The van der Waals surface area contributed by atoms with E-state index >= 15 is 0 Å². The molecule has 4 N–H and O–H groups in total. The summed E-state index contributed by atoms with van der Waals surface area (Å²) in [6.07, 6.45) is 2.84. The van der Waals surface area contributed by atoms with Crippen LogP contribution in [-0.4, -0.2) is 36.7 Å². The van der Waals surface area contributed by atoms with Crippen LogP contribution in [0.3, 0.4) is 0 Å². The van der Waals surface area contributed by atoms with Gasteiger partial charge in [-0.3, -0.25) is 0 Å². The fourth-order valence-corrected chi connectivity index (χ4v) is 6.59. The average Bonchev–Trinajstić information content (AvgIpc) is 3.29. The molecule has 180 valence electrons. The molecule has 33 heavy (non-hydrogen) atoms. The number of alkyl halides is 1. The minimum Gasteiger partial charge on any atom is -0.384 e. The number of aryl methyl sites for hydroxylation is 2. The molecule has 1 aromatic heterocycles. The van der Waals surface area contributed by atoms with E-state index in [1.165, 1.54) is 26.7 Å². The molecular weight excluding hydrogens is 558 g/mol. The standard InChI is InChI=1S/C22H30FIN6O2S/c1-13(2)12-33(31,32)26-7-4-8-30-18(27-19-20(25)28-22(23)29-21(19)30)11-16-9-14-5-3-6-15(14)10-17(16)24/h9-10,13,22,26,28H,3-8,11-12,25H2,1-2H3. The highest BCUT2D eigenvalue weighted by molar-refractivity contribution is 14.1. The molecule has 2 aliphatic rings. The van der Waals surface area contributed by atoms with Gasteiger partial charge in [-0.25, -0.2) is 23.1 Å². The van der Waals surface area contributed by atoms with Crippen molar-refractivity contribution < 1.29 is 12.8 Å². The second kappa shape index (κ2) is 9.87. The van der Waals surface area contributed by atoms with Crippen molar-refractivity contribution >= 4 is 38.4 Å². The number of imidazole rings is 1. The van der Waals surface area contributed by atoms with Gasteiger partial charge in [0, 0.05) is 23.1 Å². The van der Waals surface area contributed by atoms with Crippen LogP contribution in [0.4, 0.5) is 4.39 Å². The van der Waals surface area contributed by atoms with Gasteiger partial charge >= 0.3 is 0 Å². The highest BCUT2D eigenvalue weighted by Crippen LogP contribution is 2.27. The monoisotopic (exact) mass is 588 g/mol. The Balaban J connectivity index is 1.60. The van der Waals surface area contributed by atoms with Gasteiger partial charge in [-0.1, -0.05) is 19.9 Å². The van der Waals surface area contributed by atoms with Gasteiger partial charge in [0.2, 0.25) is 10.0 Å². The number of nitrogens with one attached hydrogen (secondary N) is 2. The maximum absolute atomic E-state index is 14.1. The van der Waals surface area contributed by atoms with Gasteiger partial charge in [-0.2, -0.15) is 4.39 Å². The summed E-state index contributed by atoms with van der Waals surface area (Å²) in [5.74, 6) is 1.04. The van der Waals surface area contributed by atoms with Gasteiger partial charge in [0.05, 0.1) is 5.75 Å². The minimum atomic E-state index is -3.32. The predicted molar refractivity (Wildman–Crippen MR) is 134 cm³/mol. The largest absolute Gasteiger partial charge is 0.384 e. The van der Waals surface area contributed by atoms with E-state index in [0.717, 1.165) is 18.7 Å². The highest BCUT2D eigenvalue weighted by Gasteiger charge is 2.21. The van der Waals surface area contributed by atoms with Crippen molar-refractivity contribution in [3.8, 4) is 0 Å². The van der Waals surface area contributed by atoms with Crippen LogP contribution in [0.1, 0.15) is 49.2 Å². The molecule has 0 saturated heterocycles. The van der Waals surface area contributed by atoms with Crippen molar-refractivity contribution in [2.45, 2.75) is 58.9 Å². The van der Waals surface area contributed by atoms with Crippen LogP contribution in [0.25, 0.3) is 5.82 Å². The first-order valence-electron chi connectivity index (χ1n) is 11.2. The fraction of sp³-hybridized carbons (Fsp3) is 0.545. The van der Waals surface area contributed by atoms with Crippen LogP contribution >= 0.6 is 22.6 Å². The van der Waals surface area contributed by atoms with Crippen molar-refractivity contribution in [1.29, 1.82) is 0 Å². The third-order valence-electron chi connectivity index (χ3n) is 5.83. The van der Waals surface area contributed by atoms with Crippen molar-refractivity contribution in [3.63, 3.8) is 0 Å². The highest BCUT2D eigenvalue weighted by atomic mass is 127. The van der Waals surface area contributed by atoms with Gasteiger partial charge in [0.15, 0.2) is 5.49 Å². The Hall–Kier alpha value is -1.73. The van der Waals surface area contributed by atoms with Crippen LogP contribution in [0.15, 0.2) is 17.1 Å². The first kappa shape index (κ1) is 24.4. The fourth-order valence-electron chi connectivity index (χ4n) is 4.42. The zero-order valence-corrected chi connectivity index (χ0v) is 21.8. The topological polar surface area (TPSA) is 114 Å². The molecule has 11 heteroatoms. The van der Waals surface area contributed by atoms with Gasteiger partial charge in [-0.05, 0) is 76.9 Å². The summed E-state index contributed by atoms with van der Waals surface area (Å²) in [5.41, 5.74) is 10.4. The second-order valence-corrected chi connectivity index (χ2v) is 12.1. The van der Waals surface area contributed by atoms with E-state index in [2.05, 4.69) is 49.8 Å². The lowest BCUT2D eigenvalue weighted by atomic mass is 10.0. The number of hydrogen-bond acceptors (Lipinski definition) is 6. The van der Waals surface area contributed by atoms with E-state index in [0.29, 0.717) is 30.2 Å². The zero-order chi connectivity index (χ0) is 23.8. The summed E-state index contributed by atoms with van der Waals surface area (Å²) < 4.78 is 44.1. The molecule has 0 bridgehead atoms. The molecule has 1 aromatic carbocycles. The lowest BCUT2D eigenvalue weighted by Crippen LogP contribution is -2.46. The van der Waals surface area contributed by atoms with Gasteiger partial charge in [-0.15, -0.1) is 0 Å². The Morgan fingerprint density at radius 3 is 2.79 bits per heavy atom. The first-order valence-corrected chi connectivity index (χ1v) is 14.0. The van der Waals surface area contributed by atoms with E-state index in [-0.39, 0.29) is 24.0 Å². The van der Waals surface area contributed by atoms with E-state index in [1.807, 2.05) is 18.4 Å². The molecule has 0 radical (unpaired) electrons. The van der Waals surface area contributed by atoms with Crippen molar-refractivity contribution in [2.75, 3.05) is 12.3 Å². The summed E-state index contributed by atoms with van der Waals surface area (Å²) in [5, 5.41) is 2.92. The van der Waals surface area contributed by atoms with E-state index < -0.39 is 16.4 Å². The molecule has 1 unspecified atom stereocenters. The van der Waals surface area contributed by atoms with Crippen molar-refractivity contribution in [2.24, 2.45) is 16.6 Å². The van der Waals surface area contributed by atoms with E-state index in [4.69, 9.17) is 10.7 Å². The summed E-state index contributed by atoms with van der Waals surface area (Å²) in [6, 6.07) is 4.50. The Morgan fingerprint density at radius 1 is 1.33 bits per heavy atom. The molecule has 8 nitrogen and oxygen atoms in total. The first-order chi connectivity index (χ1) is 15.6. The van der Waals surface area contributed by atoms with Crippen LogP contribution in [-0.2, 0) is 35.8 Å². The Morgan fingerprint density at radius 2 is 2.06 bits per heavy atom. The van der Waals surface area contributed by atoms with Gasteiger partial charge < -0.3 is 15.6 Å². The molecule has 2 aromatic rings. The molecule has 1 aliphatic carbocycles. The maximum atomic E-state index is 14.1. The molecular formula is C22H30FIN6O2S. The zero-order valence-electron chi connectivity index (χ0n) is 18.9. The number of benzene rings is 1. The molecule has 0 spiro atoms. The number of aromatic nitrogens is 2. The number of sulfonamides is 1. The third-order valence-corrected chi connectivity index (χ3v) is 8.58.